The van der Waals surface area contributed by atoms with E-state index in [9.17, 15) is 4.79 Å². The fourth-order valence-corrected chi connectivity index (χ4v) is 1.73. The Bertz CT molecular complexity index is 176. The minimum Gasteiger partial charge on any atom is -0.342 e. The van der Waals surface area contributed by atoms with E-state index in [2.05, 4.69) is 11.9 Å². The van der Waals surface area contributed by atoms with Gasteiger partial charge in [-0.15, -0.1) is 0 Å². The van der Waals surface area contributed by atoms with Crippen LogP contribution >= 0.6 is 0 Å². The lowest BCUT2D eigenvalue weighted by Gasteiger charge is -2.34. The Morgan fingerprint density at radius 3 is 2.54 bits per heavy atom. The molecule has 13 heavy (non-hydrogen) atoms. The van der Waals surface area contributed by atoms with Crippen molar-refractivity contribution in [2.24, 2.45) is 5.73 Å². The molecule has 2 N–H and O–H groups in total. The highest BCUT2D eigenvalue weighted by atomic mass is 16.2. The van der Waals surface area contributed by atoms with Gasteiger partial charge in [-0.25, -0.2) is 0 Å². The highest BCUT2D eigenvalue weighted by Gasteiger charge is 2.22. The molecule has 1 fully saturated rings. The first-order chi connectivity index (χ1) is 6.15. The third-order valence-electron chi connectivity index (χ3n) is 2.80. The van der Waals surface area contributed by atoms with Crippen LogP contribution in [0.25, 0.3) is 0 Å². The Labute approximate surface area is 79.7 Å². The quantitative estimate of drug-likeness (QED) is 0.631. The van der Waals surface area contributed by atoms with Crippen molar-refractivity contribution in [3.63, 3.8) is 0 Å². The molecule has 76 valence electrons. The van der Waals surface area contributed by atoms with Gasteiger partial charge < -0.3 is 15.5 Å². The standard InChI is InChI=1S/C9H19N3O/c1-11-5-3-8(4-6-11)12(2)9(13)7-10/h8H,3-7,10H2,1-2H3. The van der Waals surface area contributed by atoms with Gasteiger partial charge in [0.15, 0.2) is 0 Å². The number of nitrogens with two attached hydrogens (primary N) is 1. The van der Waals surface area contributed by atoms with Crippen LogP contribution < -0.4 is 5.73 Å². The van der Waals surface area contributed by atoms with Gasteiger partial charge in [-0.1, -0.05) is 0 Å². The van der Waals surface area contributed by atoms with Gasteiger partial charge in [0.1, 0.15) is 0 Å². The molecule has 0 unspecified atom stereocenters. The zero-order chi connectivity index (χ0) is 9.84. The number of nitrogens with zero attached hydrogens (tertiary/aromatic N) is 2. The van der Waals surface area contributed by atoms with E-state index in [1.54, 1.807) is 4.90 Å². The zero-order valence-corrected chi connectivity index (χ0v) is 8.49. The molecule has 1 aliphatic heterocycles. The fraction of sp³-hybridized carbons (Fsp3) is 0.889. The highest BCUT2D eigenvalue weighted by Crippen LogP contribution is 2.13. The number of carbonyl (C=O) groups is 1. The summed E-state index contributed by atoms with van der Waals surface area (Å²) < 4.78 is 0. The summed E-state index contributed by atoms with van der Waals surface area (Å²) in [6.07, 6.45) is 2.14. The van der Waals surface area contributed by atoms with E-state index >= 15 is 0 Å². The van der Waals surface area contributed by atoms with E-state index in [4.69, 9.17) is 5.73 Å². The van der Waals surface area contributed by atoms with Crippen molar-refractivity contribution < 1.29 is 4.79 Å². The van der Waals surface area contributed by atoms with Crippen LogP contribution in [-0.4, -0.2) is 55.5 Å². The number of carbonyl (C=O) groups excluding carboxylic acids is 1. The predicted molar refractivity (Wildman–Crippen MR) is 52.3 cm³/mol. The Morgan fingerprint density at radius 1 is 1.54 bits per heavy atom. The molecule has 0 saturated carbocycles. The molecule has 1 aliphatic rings. The molecule has 0 aromatic rings. The molecule has 0 aliphatic carbocycles. The molecule has 0 atom stereocenters. The van der Waals surface area contributed by atoms with Crippen molar-refractivity contribution in [3.8, 4) is 0 Å². The number of amides is 1. The van der Waals surface area contributed by atoms with Crippen LogP contribution in [-0.2, 0) is 4.79 Å². The molecule has 1 heterocycles. The van der Waals surface area contributed by atoms with Crippen LogP contribution in [0, 0.1) is 0 Å². The maximum absolute atomic E-state index is 11.3. The molecule has 4 nitrogen and oxygen atoms in total. The third kappa shape index (κ3) is 2.67. The Morgan fingerprint density at radius 2 is 2.08 bits per heavy atom. The fourth-order valence-electron chi connectivity index (χ4n) is 1.73. The van der Waals surface area contributed by atoms with E-state index < -0.39 is 0 Å². The lowest BCUT2D eigenvalue weighted by atomic mass is 10.0. The molecule has 0 aromatic heterocycles. The molecule has 0 bridgehead atoms. The van der Waals surface area contributed by atoms with Crippen molar-refractivity contribution in [2.45, 2.75) is 18.9 Å². The van der Waals surface area contributed by atoms with E-state index in [0.29, 0.717) is 6.04 Å². The zero-order valence-electron chi connectivity index (χ0n) is 8.49. The normalized spacial score (nSPS) is 20.2. The molecule has 1 amide bonds. The molecule has 0 spiro atoms. The van der Waals surface area contributed by atoms with Gasteiger partial charge in [0.25, 0.3) is 0 Å². The molecular weight excluding hydrogens is 166 g/mol. The second-order valence-electron chi connectivity index (χ2n) is 3.74. The van der Waals surface area contributed by atoms with Crippen LogP contribution in [0.2, 0.25) is 0 Å². The summed E-state index contributed by atoms with van der Waals surface area (Å²) in [5, 5.41) is 0. The first-order valence-corrected chi connectivity index (χ1v) is 4.79. The second-order valence-corrected chi connectivity index (χ2v) is 3.74. The number of likely N-dealkylation sites (N-methyl/N-ethyl adjacent to an activating group) is 1. The number of likely N-dealkylation sites (tertiary alicyclic amines) is 1. The number of piperidine rings is 1. The maximum atomic E-state index is 11.3. The molecule has 1 rings (SSSR count). The van der Waals surface area contributed by atoms with Gasteiger partial charge in [-0.3, -0.25) is 4.79 Å². The van der Waals surface area contributed by atoms with Crippen molar-refractivity contribution in [2.75, 3.05) is 33.7 Å². The van der Waals surface area contributed by atoms with Crippen molar-refractivity contribution in [1.29, 1.82) is 0 Å². The number of hydrogen-bond acceptors (Lipinski definition) is 3. The number of rotatable bonds is 2. The lowest BCUT2D eigenvalue weighted by Crippen LogP contribution is -2.46. The first kappa shape index (κ1) is 10.5. The minimum absolute atomic E-state index is 0.0505. The summed E-state index contributed by atoms with van der Waals surface area (Å²) in [7, 11) is 3.96. The summed E-state index contributed by atoms with van der Waals surface area (Å²) in [6, 6.07) is 0.396. The first-order valence-electron chi connectivity index (χ1n) is 4.79. The van der Waals surface area contributed by atoms with E-state index in [1.807, 2.05) is 7.05 Å². The maximum Gasteiger partial charge on any atom is 0.236 e. The highest BCUT2D eigenvalue weighted by molar-refractivity contribution is 5.78. The van der Waals surface area contributed by atoms with Gasteiger partial charge >= 0.3 is 0 Å². The van der Waals surface area contributed by atoms with Gasteiger partial charge in [-0.2, -0.15) is 0 Å². The number of hydrogen-bond donors (Lipinski definition) is 1. The van der Waals surface area contributed by atoms with Crippen LogP contribution in [0.1, 0.15) is 12.8 Å². The van der Waals surface area contributed by atoms with Crippen LogP contribution in [0.15, 0.2) is 0 Å². The molecule has 0 radical (unpaired) electrons. The van der Waals surface area contributed by atoms with Gasteiger partial charge in [0.05, 0.1) is 6.54 Å². The second kappa shape index (κ2) is 4.58. The summed E-state index contributed by atoms with van der Waals surface area (Å²) in [6.45, 7) is 2.28. The average Bonchev–Trinajstić information content (AvgIpc) is 2.17. The molecule has 1 saturated heterocycles. The van der Waals surface area contributed by atoms with Crippen LogP contribution in [0.4, 0.5) is 0 Å². The third-order valence-corrected chi connectivity index (χ3v) is 2.80. The van der Waals surface area contributed by atoms with E-state index in [1.165, 1.54) is 0 Å². The molecule has 0 aromatic carbocycles. The summed E-state index contributed by atoms with van der Waals surface area (Å²) in [4.78, 5) is 15.4. The average molecular weight is 185 g/mol. The van der Waals surface area contributed by atoms with Crippen molar-refractivity contribution in [1.82, 2.24) is 9.80 Å². The smallest absolute Gasteiger partial charge is 0.236 e. The molecular formula is C9H19N3O. The van der Waals surface area contributed by atoms with Crippen molar-refractivity contribution >= 4 is 5.91 Å². The summed E-state index contributed by atoms with van der Waals surface area (Å²) >= 11 is 0. The predicted octanol–water partition coefficient (Wildman–Crippen LogP) is -0.502. The van der Waals surface area contributed by atoms with E-state index in [0.717, 1.165) is 25.9 Å². The van der Waals surface area contributed by atoms with Gasteiger partial charge in [0, 0.05) is 13.1 Å². The SMILES string of the molecule is CN1CCC(N(C)C(=O)CN)CC1. The Kier molecular flexibility index (Phi) is 3.69. The topological polar surface area (TPSA) is 49.6 Å². The van der Waals surface area contributed by atoms with E-state index in [-0.39, 0.29) is 12.5 Å². The minimum atomic E-state index is 0.0505. The molecule has 4 heteroatoms. The summed E-state index contributed by atoms with van der Waals surface area (Å²) in [5.74, 6) is 0.0505. The van der Waals surface area contributed by atoms with Crippen LogP contribution in [0.5, 0.6) is 0 Å². The van der Waals surface area contributed by atoms with Gasteiger partial charge in [0.2, 0.25) is 5.91 Å². The summed E-state index contributed by atoms with van der Waals surface area (Å²) in [5.41, 5.74) is 5.31. The Balaban J connectivity index is 2.39. The largest absolute Gasteiger partial charge is 0.342 e. The van der Waals surface area contributed by atoms with Crippen LogP contribution in [0.3, 0.4) is 0 Å². The lowest BCUT2D eigenvalue weighted by molar-refractivity contribution is -0.131. The van der Waals surface area contributed by atoms with Gasteiger partial charge in [-0.05, 0) is 33.0 Å². The van der Waals surface area contributed by atoms with Crippen molar-refractivity contribution in [3.05, 3.63) is 0 Å². The monoisotopic (exact) mass is 185 g/mol. The Hall–Kier alpha value is -0.610.